The summed E-state index contributed by atoms with van der Waals surface area (Å²) in [4.78, 5) is 0. The van der Waals surface area contributed by atoms with Gasteiger partial charge >= 0.3 is 0 Å². The molecular weight excluding hydrogens is 318 g/mol. The van der Waals surface area contributed by atoms with Crippen molar-refractivity contribution in [2.24, 2.45) is 11.7 Å². The second kappa shape index (κ2) is 17.0. The zero-order valence-corrected chi connectivity index (χ0v) is 18.0. The lowest BCUT2D eigenvalue weighted by molar-refractivity contribution is 0.289. The molecule has 0 saturated carbocycles. The maximum Gasteiger partial charge on any atom is 0.0616 e. The molecule has 1 aliphatic heterocycles. The lowest BCUT2D eigenvalue weighted by Crippen LogP contribution is -2.46. The summed E-state index contributed by atoms with van der Waals surface area (Å²) in [5, 5.41) is 7.10. The largest absolute Gasteiger partial charge is 0.328 e. The molecule has 0 bridgehead atoms. The van der Waals surface area contributed by atoms with Gasteiger partial charge in [-0.25, -0.2) is 0 Å². The Hall–Kier alpha value is -0.120. The van der Waals surface area contributed by atoms with E-state index >= 15 is 0 Å². The summed E-state index contributed by atoms with van der Waals surface area (Å²) in [6.07, 6.45) is 23.2. The van der Waals surface area contributed by atoms with Crippen molar-refractivity contribution in [2.45, 2.75) is 129 Å². The zero-order chi connectivity index (χ0) is 18.9. The molecule has 0 aromatic rings. The molecule has 0 aromatic carbocycles. The van der Waals surface area contributed by atoms with E-state index in [0.717, 1.165) is 13.1 Å². The first-order chi connectivity index (χ1) is 12.8. The summed E-state index contributed by atoms with van der Waals surface area (Å²) in [5.74, 6) is 0.583. The second-order valence-corrected chi connectivity index (χ2v) is 8.65. The number of nitrogens with two attached hydrogens (primary N) is 1. The smallest absolute Gasteiger partial charge is 0.0616 e. The molecule has 2 unspecified atom stereocenters. The molecular formula is C23H49N3. The average Bonchev–Trinajstić information content (AvgIpc) is 3.15. The fourth-order valence-corrected chi connectivity index (χ4v) is 4.31. The van der Waals surface area contributed by atoms with Crippen LogP contribution >= 0.6 is 0 Å². The molecule has 1 rings (SSSR count). The molecule has 1 heterocycles. The molecule has 0 aromatic heterocycles. The van der Waals surface area contributed by atoms with Gasteiger partial charge in [0.15, 0.2) is 0 Å². The van der Waals surface area contributed by atoms with Crippen molar-refractivity contribution in [1.29, 1.82) is 0 Å². The van der Waals surface area contributed by atoms with E-state index in [-0.39, 0.29) is 6.04 Å². The van der Waals surface area contributed by atoms with Crippen LogP contribution in [0.4, 0.5) is 0 Å². The van der Waals surface area contributed by atoms with Crippen LogP contribution in [0.25, 0.3) is 0 Å². The lowest BCUT2D eigenvalue weighted by atomic mass is 9.91. The van der Waals surface area contributed by atoms with E-state index in [0.29, 0.717) is 12.1 Å². The first-order valence-corrected chi connectivity index (χ1v) is 12.0. The highest BCUT2D eigenvalue weighted by atomic mass is 15.2. The Morgan fingerprint density at radius 3 is 1.46 bits per heavy atom. The van der Waals surface area contributed by atoms with Gasteiger partial charge in [0.05, 0.1) is 6.17 Å². The van der Waals surface area contributed by atoms with Crippen LogP contribution in [0.2, 0.25) is 0 Å². The molecule has 1 fully saturated rings. The van der Waals surface area contributed by atoms with E-state index in [1.807, 2.05) is 0 Å². The van der Waals surface area contributed by atoms with Gasteiger partial charge < -0.3 is 16.4 Å². The Bertz CT molecular complexity index is 287. The normalized spacial score (nSPS) is 17.7. The van der Waals surface area contributed by atoms with Gasteiger partial charge in [-0.1, -0.05) is 103 Å². The third-order valence-electron chi connectivity index (χ3n) is 6.10. The number of unbranched alkanes of at least 4 members (excludes halogenated alkanes) is 14. The first-order valence-electron chi connectivity index (χ1n) is 12.0. The Morgan fingerprint density at radius 1 is 0.692 bits per heavy atom. The Kier molecular flexibility index (Phi) is 15.6. The van der Waals surface area contributed by atoms with E-state index in [4.69, 9.17) is 5.73 Å². The van der Waals surface area contributed by atoms with E-state index < -0.39 is 0 Å². The Labute approximate surface area is 164 Å². The predicted octanol–water partition coefficient (Wildman–Crippen LogP) is 5.73. The highest BCUT2D eigenvalue weighted by molar-refractivity contribution is 4.84. The molecule has 0 amide bonds. The lowest BCUT2D eigenvalue weighted by Gasteiger charge is -2.27. The van der Waals surface area contributed by atoms with Crippen LogP contribution in [-0.2, 0) is 0 Å². The zero-order valence-electron chi connectivity index (χ0n) is 18.0. The van der Waals surface area contributed by atoms with Crippen LogP contribution in [0.3, 0.4) is 0 Å². The van der Waals surface area contributed by atoms with Gasteiger partial charge in [0.1, 0.15) is 0 Å². The van der Waals surface area contributed by atoms with Crippen LogP contribution in [0, 0.1) is 5.92 Å². The van der Waals surface area contributed by atoms with Crippen LogP contribution in [0.5, 0.6) is 0 Å². The van der Waals surface area contributed by atoms with E-state index in [2.05, 4.69) is 24.5 Å². The molecule has 0 radical (unpaired) electrons. The summed E-state index contributed by atoms with van der Waals surface area (Å²) < 4.78 is 0. The molecule has 2 atom stereocenters. The van der Waals surface area contributed by atoms with Gasteiger partial charge in [-0.3, -0.25) is 0 Å². The van der Waals surface area contributed by atoms with Crippen LogP contribution in [-0.4, -0.2) is 25.3 Å². The van der Waals surface area contributed by atoms with Gasteiger partial charge in [-0.05, 0) is 13.3 Å². The van der Waals surface area contributed by atoms with Gasteiger partial charge in [0.25, 0.3) is 0 Å². The fourth-order valence-electron chi connectivity index (χ4n) is 4.31. The van der Waals surface area contributed by atoms with Crippen molar-refractivity contribution < 1.29 is 0 Å². The average molecular weight is 368 g/mol. The standard InChI is InChI=1S/C23H49N3/c1-3-4-5-6-7-8-9-10-11-12-13-14-15-16-17-18-22(21(2)24)23-25-19-20-26-23/h21-23,25-26H,3-20,24H2,1-2H3. The van der Waals surface area contributed by atoms with Crippen molar-refractivity contribution in [3.8, 4) is 0 Å². The molecule has 1 aliphatic rings. The first kappa shape index (κ1) is 23.9. The number of nitrogens with one attached hydrogen (secondary N) is 2. The molecule has 1 saturated heterocycles. The van der Waals surface area contributed by atoms with E-state index in [1.54, 1.807) is 0 Å². The third kappa shape index (κ3) is 12.3. The van der Waals surface area contributed by atoms with E-state index in [1.165, 1.54) is 103 Å². The topological polar surface area (TPSA) is 50.1 Å². The highest BCUT2D eigenvalue weighted by Crippen LogP contribution is 2.19. The monoisotopic (exact) mass is 367 g/mol. The van der Waals surface area contributed by atoms with Crippen LogP contribution in [0.1, 0.15) is 117 Å². The summed E-state index contributed by atoms with van der Waals surface area (Å²) >= 11 is 0. The molecule has 4 N–H and O–H groups in total. The van der Waals surface area contributed by atoms with Crippen molar-refractivity contribution in [3.05, 3.63) is 0 Å². The maximum absolute atomic E-state index is 6.20. The SMILES string of the molecule is CCCCCCCCCCCCCCCCCC(C(C)N)C1NCCN1. The van der Waals surface area contributed by atoms with Crippen LogP contribution in [0.15, 0.2) is 0 Å². The summed E-state index contributed by atoms with van der Waals surface area (Å²) in [5.41, 5.74) is 6.20. The second-order valence-electron chi connectivity index (χ2n) is 8.65. The number of hydrogen-bond donors (Lipinski definition) is 3. The summed E-state index contributed by atoms with van der Waals surface area (Å²) in [6.45, 7) is 6.64. The van der Waals surface area contributed by atoms with Gasteiger partial charge in [-0.2, -0.15) is 0 Å². The van der Waals surface area contributed by atoms with Gasteiger partial charge in [0.2, 0.25) is 0 Å². The van der Waals surface area contributed by atoms with Gasteiger partial charge in [-0.15, -0.1) is 0 Å². The highest BCUT2D eigenvalue weighted by Gasteiger charge is 2.26. The maximum atomic E-state index is 6.20. The van der Waals surface area contributed by atoms with Crippen molar-refractivity contribution in [2.75, 3.05) is 13.1 Å². The Balaban J connectivity index is 1.81. The summed E-state index contributed by atoms with van der Waals surface area (Å²) in [6, 6.07) is 0.282. The van der Waals surface area contributed by atoms with Crippen molar-refractivity contribution >= 4 is 0 Å². The fraction of sp³-hybridized carbons (Fsp3) is 1.00. The van der Waals surface area contributed by atoms with E-state index in [9.17, 15) is 0 Å². The molecule has 3 heteroatoms. The Morgan fingerprint density at radius 2 is 1.08 bits per heavy atom. The third-order valence-corrected chi connectivity index (χ3v) is 6.10. The molecule has 156 valence electrons. The minimum atomic E-state index is 0.282. The number of hydrogen-bond acceptors (Lipinski definition) is 3. The van der Waals surface area contributed by atoms with Crippen molar-refractivity contribution in [3.63, 3.8) is 0 Å². The minimum absolute atomic E-state index is 0.282. The predicted molar refractivity (Wildman–Crippen MR) is 116 cm³/mol. The minimum Gasteiger partial charge on any atom is -0.328 e. The molecule has 0 aliphatic carbocycles. The number of rotatable bonds is 18. The quantitative estimate of drug-likeness (QED) is 0.271. The van der Waals surface area contributed by atoms with Crippen LogP contribution < -0.4 is 16.4 Å². The molecule has 26 heavy (non-hydrogen) atoms. The summed E-state index contributed by atoms with van der Waals surface area (Å²) in [7, 11) is 0. The molecule has 3 nitrogen and oxygen atoms in total. The van der Waals surface area contributed by atoms with Crippen molar-refractivity contribution in [1.82, 2.24) is 10.6 Å². The van der Waals surface area contributed by atoms with Gasteiger partial charge in [0, 0.05) is 25.0 Å². The molecule has 0 spiro atoms.